The normalized spacial score (nSPS) is 18.2. The number of ether oxygens (including phenoxy) is 2. The van der Waals surface area contributed by atoms with E-state index in [9.17, 15) is 4.79 Å². The Hall–Kier alpha value is -1.95. The first-order valence-corrected chi connectivity index (χ1v) is 9.51. The average Bonchev–Trinajstić information content (AvgIpc) is 2.60. The minimum atomic E-state index is -0.464. The van der Waals surface area contributed by atoms with Crippen LogP contribution in [0.25, 0.3) is 0 Å². The summed E-state index contributed by atoms with van der Waals surface area (Å²) in [5.41, 5.74) is 3.52. The molecule has 0 aliphatic carbocycles. The van der Waals surface area contributed by atoms with Gasteiger partial charge in [-0.15, -0.1) is 0 Å². The lowest BCUT2D eigenvalue weighted by molar-refractivity contribution is 0.0497. The Kier molecular flexibility index (Phi) is 5.61. The quantitative estimate of drug-likeness (QED) is 0.867. The number of carbonyl (C=O) groups is 1. The molecule has 2 heterocycles. The number of amides is 1. The van der Waals surface area contributed by atoms with Gasteiger partial charge in [-0.1, -0.05) is 6.07 Å². The molecule has 1 saturated heterocycles. The SMILES string of the molecule is COc1ccc2c(c1N1CCC(NC(=O)OC(C)(C)C)CC1)CNCC2. The zero-order chi connectivity index (χ0) is 18.7. The van der Waals surface area contributed by atoms with Crippen LogP contribution in [0.4, 0.5) is 10.5 Å². The fourth-order valence-corrected chi connectivity index (χ4v) is 3.76. The van der Waals surface area contributed by atoms with Gasteiger partial charge in [0.1, 0.15) is 11.4 Å². The number of alkyl carbamates (subject to hydrolysis) is 1. The van der Waals surface area contributed by atoms with E-state index < -0.39 is 5.60 Å². The van der Waals surface area contributed by atoms with Crippen molar-refractivity contribution in [3.8, 4) is 5.75 Å². The molecular weight excluding hydrogens is 330 g/mol. The maximum Gasteiger partial charge on any atom is 0.407 e. The third-order valence-corrected chi connectivity index (χ3v) is 4.97. The number of rotatable bonds is 3. The molecule has 26 heavy (non-hydrogen) atoms. The summed E-state index contributed by atoms with van der Waals surface area (Å²) in [6.07, 6.45) is 2.54. The van der Waals surface area contributed by atoms with Crippen molar-refractivity contribution in [3.05, 3.63) is 23.3 Å². The number of fused-ring (bicyclic) bond motifs is 1. The van der Waals surface area contributed by atoms with E-state index in [0.29, 0.717) is 0 Å². The summed E-state index contributed by atoms with van der Waals surface area (Å²) >= 11 is 0. The highest BCUT2D eigenvalue weighted by Crippen LogP contribution is 2.37. The van der Waals surface area contributed by atoms with Crippen LogP contribution >= 0.6 is 0 Å². The highest BCUT2D eigenvalue weighted by atomic mass is 16.6. The molecule has 1 fully saturated rings. The van der Waals surface area contributed by atoms with E-state index in [0.717, 1.165) is 51.2 Å². The van der Waals surface area contributed by atoms with E-state index >= 15 is 0 Å². The Morgan fingerprint density at radius 1 is 1.27 bits per heavy atom. The summed E-state index contributed by atoms with van der Waals surface area (Å²) in [6.45, 7) is 9.36. The number of hydrogen-bond acceptors (Lipinski definition) is 5. The van der Waals surface area contributed by atoms with E-state index in [1.165, 1.54) is 16.8 Å². The fourth-order valence-electron chi connectivity index (χ4n) is 3.76. The third kappa shape index (κ3) is 4.41. The lowest BCUT2D eigenvalue weighted by Gasteiger charge is -2.37. The number of benzene rings is 1. The van der Waals surface area contributed by atoms with Gasteiger partial charge in [-0.05, 0) is 63.8 Å². The monoisotopic (exact) mass is 361 g/mol. The molecule has 6 nitrogen and oxygen atoms in total. The van der Waals surface area contributed by atoms with Crippen LogP contribution in [0.5, 0.6) is 5.75 Å². The molecule has 1 aromatic rings. The third-order valence-electron chi connectivity index (χ3n) is 4.97. The largest absolute Gasteiger partial charge is 0.495 e. The van der Waals surface area contributed by atoms with E-state index in [1.807, 2.05) is 20.8 Å². The van der Waals surface area contributed by atoms with E-state index in [-0.39, 0.29) is 12.1 Å². The van der Waals surface area contributed by atoms with Gasteiger partial charge in [0.05, 0.1) is 12.8 Å². The Bertz CT molecular complexity index is 646. The zero-order valence-electron chi connectivity index (χ0n) is 16.4. The van der Waals surface area contributed by atoms with Gasteiger partial charge < -0.3 is 25.0 Å². The van der Waals surface area contributed by atoms with Gasteiger partial charge in [0.15, 0.2) is 0 Å². The molecule has 1 amide bonds. The number of nitrogens with one attached hydrogen (secondary N) is 2. The number of anilines is 1. The second-order valence-corrected chi connectivity index (χ2v) is 8.09. The molecule has 144 valence electrons. The van der Waals surface area contributed by atoms with Crippen molar-refractivity contribution in [3.63, 3.8) is 0 Å². The molecule has 2 N–H and O–H groups in total. The Morgan fingerprint density at radius 3 is 2.65 bits per heavy atom. The van der Waals surface area contributed by atoms with Gasteiger partial charge in [0.25, 0.3) is 0 Å². The standard InChI is InChI=1S/C20H31N3O3/c1-20(2,3)26-19(24)22-15-8-11-23(12-9-15)18-16-13-21-10-7-14(16)5-6-17(18)25-4/h5-6,15,21H,7-13H2,1-4H3,(H,22,24). The minimum Gasteiger partial charge on any atom is -0.495 e. The Labute approximate surface area is 156 Å². The summed E-state index contributed by atoms with van der Waals surface area (Å²) in [4.78, 5) is 14.4. The van der Waals surface area contributed by atoms with E-state index in [2.05, 4.69) is 27.7 Å². The van der Waals surface area contributed by atoms with Crippen molar-refractivity contribution >= 4 is 11.8 Å². The number of carbonyl (C=O) groups excluding carboxylic acids is 1. The highest BCUT2D eigenvalue weighted by Gasteiger charge is 2.27. The van der Waals surface area contributed by atoms with Gasteiger partial charge in [0, 0.05) is 25.7 Å². The number of hydrogen-bond donors (Lipinski definition) is 2. The molecule has 0 atom stereocenters. The lowest BCUT2D eigenvalue weighted by atomic mass is 9.96. The summed E-state index contributed by atoms with van der Waals surface area (Å²) in [6, 6.07) is 4.43. The molecule has 0 saturated carbocycles. The van der Waals surface area contributed by atoms with Gasteiger partial charge >= 0.3 is 6.09 Å². The van der Waals surface area contributed by atoms with Crippen molar-refractivity contribution < 1.29 is 14.3 Å². The second-order valence-electron chi connectivity index (χ2n) is 8.09. The van der Waals surface area contributed by atoms with Crippen LogP contribution in [-0.4, -0.2) is 44.5 Å². The Morgan fingerprint density at radius 2 is 2.00 bits per heavy atom. The van der Waals surface area contributed by atoms with Crippen LogP contribution in [-0.2, 0) is 17.7 Å². The number of piperidine rings is 1. The maximum absolute atomic E-state index is 12.0. The van der Waals surface area contributed by atoms with Crippen molar-refractivity contribution in [2.45, 2.75) is 58.2 Å². The van der Waals surface area contributed by atoms with Gasteiger partial charge in [0.2, 0.25) is 0 Å². The van der Waals surface area contributed by atoms with Gasteiger partial charge in [-0.25, -0.2) is 4.79 Å². The first-order chi connectivity index (χ1) is 12.4. The smallest absolute Gasteiger partial charge is 0.407 e. The van der Waals surface area contributed by atoms with Crippen molar-refractivity contribution in [1.29, 1.82) is 0 Å². The molecular formula is C20H31N3O3. The zero-order valence-corrected chi connectivity index (χ0v) is 16.4. The minimum absolute atomic E-state index is 0.157. The second kappa shape index (κ2) is 7.74. The molecule has 0 bridgehead atoms. The molecule has 2 aliphatic rings. The molecule has 0 unspecified atom stereocenters. The first kappa shape index (κ1) is 18.8. The van der Waals surface area contributed by atoms with Crippen LogP contribution in [0.3, 0.4) is 0 Å². The number of methoxy groups -OCH3 is 1. The van der Waals surface area contributed by atoms with Crippen LogP contribution in [0.2, 0.25) is 0 Å². The predicted molar refractivity (Wildman–Crippen MR) is 103 cm³/mol. The molecule has 6 heteroatoms. The Balaban J connectivity index is 1.66. The molecule has 0 radical (unpaired) electrons. The average molecular weight is 361 g/mol. The molecule has 2 aliphatic heterocycles. The first-order valence-electron chi connectivity index (χ1n) is 9.51. The molecule has 3 rings (SSSR count). The summed E-state index contributed by atoms with van der Waals surface area (Å²) in [5, 5.41) is 6.48. The van der Waals surface area contributed by atoms with E-state index in [1.54, 1.807) is 7.11 Å². The highest BCUT2D eigenvalue weighted by molar-refractivity contribution is 5.69. The molecule has 1 aromatic carbocycles. The van der Waals surface area contributed by atoms with Gasteiger partial charge in [-0.2, -0.15) is 0 Å². The van der Waals surface area contributed by atoms with E-state index in [4.69, 9.17) is 9.47 Å². The van der Waals surface area contributed by atoms with Crippen LogP contribution in [0, 0.1) is 0 Å². The fraction of sp³-hybridized carbons (Fsp3) is 0.650. The predicted octanol–water partition coefficient (Wildman–Crippen LogP) is 2.83. The maximum atomic E-state index is 12.0. The van der Waals surface area contributed by atoms with Crippen molar-refractivity contribution in [2.75, 3.05) is 31.6 Å². The molecule has 0 aromatic heterocycles. The lowest BCUT2D eigenvalue weighted by Crippen LogP contribution is -2.46. The van der Waals surface area contributed by atoms with Gasteiger partial charge in [-0.3, -0.25) is 0 Å². The van der Waals surface area contributed by atoms with Crippen LogP contribution in [0.1, 0.15) is 44.7 Å². The van der Waals surface area contributed by atoms with Crippen LogP contribution < -0.4 is 20.3 Å². The topological polar surface area (TPSA) is 62.8 Å². The summed E-state index contributed by atoms with van der Waals surface area (Å²) < 4.78 is 11.0. The summed E-state index contributed by atoms with van der Waals surface area (Å²) in [5.74, 6) is 0.936. The summed E-state index contributed by atoms with van der Waals surface area (Å²) in [7, 11) is 1.73. The molecule has 0 spiro atoms. The number of nitrogens with zero attached hydrogens (tertiary/aromatic N) is 1. The van der Waals surface area contributed by atoms with Crippen molar-refractivity contribution in [2.24, 2.45) is 0 Å². The van der Waals surface area contributed by atoms with Crippen LogP contribution in [0.15, 0.2) is 12.1 Å². The van der Waals surface area contributed by atoms with Crippen molar-refractivity contribution in [1.82, 2.24) is 10.6 Å².